The number of hydrogen-bond acceptors (Lipinski definition) is 3. The maximum atomic E-state index is 12.9. The average Bonchev–Trinajstić information content (AvgIpc) is 2.91. The van der Waals surface area contributed by atoms with Gasteiger partial charge in [0.15, 0.2) is 0 Å². The Balaban J connectivity index is 1.74. The number of rotatable bonds is 5. The van der Waals surface area contributed by atoms with Gasteiger partial charge in [-0.2, -0.15) is 0 Å². The zero-order valence-electron chi connectivity index (χ0n) is 15.4. The summed E-state index contributed by atoms with van der Waals surface area (Å²) >= 11 is 0. The van der Waals surface area contributed by atoms with Gasteiger partial charge >= 0.3 is 0 Å². The standard InChI is InChI=1S/C20H30N2O2/c1-5-21(6-2)16-9-7-15(8-10-16)18(24)22-11-17-19(3,4)12-20(17,13-22)14-23/h7-10,17,23H,5-6,11-14H2,1-4H3/t17-,20-/m1/s1. The minimum atomic E-state index is -0.0691. The minimum absolute atomic E-state index is 0.0691. The van der Waals surface area contributed by atoms with Crippen molar-refractivity contribution < 1.29 is 9.90 Å². The van der Waals surface area contributed by atoms with E-state index in [1.54, 1.807) is 0 Å². The molecule has 2 aliphatic rings. The van der Waals surface area contributed by atoms with Gasteiger partial charge in [-0.25, -0.2) is 0 Å². The number of likely N-dealkylation sites (tertiary alicyclic amines) is 1. The van der Waals surface area contributed by atoms with E-state index >= 15 is 0 Å². The number of hydrogen-bond donors (Lipinski definition) is 1. The lowest BCUT2D eigenvalue weighted by Crippen LogP contribution is -2.54. The van der Waals surface area contributed by atoms with Crippen LogP contribution in [-0.2, 0) is 0 Å². The van der Waals surface area contributed by atoms with Gasteiger partial charge in [-0.15, -0.1) is 0 Å². The number of fused-ring (bicyclic) bond motifs is 1. The highest BCUT2D eigenvalue weighted by molar-refractivity contribution is 5.95. The van der Waals surface area contributed by atoms with E-state index in [0.717, 1.165) is 37.3 Å². The van der Waals surface area contributed by atoms with E-state index in [1.165, 1.54) is 0 Å². The molecule has 3 rings (SSSR count). The number of benzene rings is 1. The Morgan fingerprint density at radius 3 is 2.33 bits per heavy atom. The summed E-state index contributed by atoms with van der Waals surface area (Å²) in [6.45, 7) is 12.3. The molecule has 132 valence electrons. The third kappa shape index (κ3) is 2.61. The fraction of sp³-hybridized carbons (Fsp3) is 0.650. The zero-order chi connectivity index (χ0) is 17.5. The Hall–Kier alpha value is -1.55. The molecule has 2 fully saturated rings. The first-order chi connectivity index (χ1) is 11.4. The average molecular weight is 330 g/mol. The molecule has 4 nitrogen and oxygen atoms in total. The third-order valence-corrected chi connectivity index (χ3v) is 6.24. The highest BCUT2D eigenvalue weighted by atomic mass is 16.3. The summed E-state index contributed by atoms with van der Waals surface area (Å²) in [4.78, 5) is 17.1. The predicted molar refractivity (Wildman–Crippen MR) is 97.3 cm³/mol. The SMILES string of the molecule is CCN(CC)c1ccc(C(=O)N2C[C@@H]3C(C)(C)C[C@]3(CO)C2)cc1. The first kappa shape index (κ1) is 17.3. The van der Waals surface area contributed by atoms with Gasteiger partial charge in [0.2, 0.25) is 0 Å². The van der Waals surface area contributed by atoms with Gasteiger partial charge in [-0.05, 0) is 55.9 Å². The number of aliphatic hydroxyl groups is 1. The predicted octanol–water partition coefficient (Wildman–Crippen LogP) is 3.01. The van der Waals surface area contributed by atoms with Gasteiger partial charge in [0.1, 0.15) is 0 Å². The Labute approximate surface area is 145 Å². The van der Waals surface area contributed by atoms with E-state index in [-0.39, 0.29) is 23.3 Å². The minimum Gasteiger partial charge on any atom is -0.396 e. The van der Waals surface area contributed by atoms with Crippen LogP contribution < -0.4 is 4.90 Å². The van der Waals surface area contributed by atoms with Crippen LogP contribution in [0.5, 0.6) is 0 Å². The molecule has 1 heterocycles. The van der Waals surface area contributed by atoms with Crippen LogP contribution in [0.4, 0.5) is 5.69 Å². The van der Waals surface area contributed by atoms with E-state index in [9.17, 15) is 9.90 Å². The van der Waals surface area contributed by atoms with Crippen LogP contribution in [-0.4, -0.2) is 48.7 Å². The number of carbonyl (C=O) groups excluding carboxylic acids is 1. The molecule has 0 radical (unpaired) electrons. The largest absolute Gasteiger partial charge is 0.396 e. The quantitative estimate of drug-likeness (QED) is 0.902. The first-order valence-electron chi connectivity index (χ1n) is 9.12. The molecule has 1 N–H and O–H groups in total. The summed E-state index contributed by atoms with van der Waals surface area (Å²) in [7, 11) is 0. The second kappa shape index (κ2) is 6.07. The van der Waals surface area contributed by atoms with Crippen molar-refractivity contribution in [1.82, 2.24) is 4.90 Å². The second-order valence-electron chi connectivity index (χ2n) is 8.14. The maximum absolute atomic E-state index is 12.9. The van der Waals surface area contributed by atoms with Crippen LogP contribution >= 0.6 is 0 Å². The highest BCUT2D eigenvalue weighted by Gasteiger charge is 2.63. The molecular formula is C20H30N2O2. The molecule has 0 unspecified atom stereocenters. The third-order valence-electron chi connectivity index (χ3n) is 6.24. The molecule has 1 aliphatic heterocycles. The van der Waals surface area contributed by atoms with E-state index in [1.807, 2.05) is 29.2 Å². The van der Waals surface area contributed by atoms with E-state index in [0.29, 0.717) is 12.5 Å². The van der Waals surface area contributed by atoms with Gasteiger partial charge in [0.05, 0.1) is 6.61 Å². The van der Waals surface area contributed by atoms with Crippen molar-refractivity contribution >= 4 is 11.6 Å². The van der Waals surface area contributed by atoms with Crippen molar-refractivity contribution in [1.29, 1.82) is 0 Å². The molecule has 1 saturated carbocycles. The molecule has 0 aromatic heterocycles. The van der Waals surface area contributed by atoms with Crippen molar-refractivity contribution in [2.24, 2.45) is 16.7 Å². The maximum Gasteiger partial charge on any atom is 0.253 e. The van der Waals surface area contributed by atoms with Crippen LogP contribution in [0.2, 0.25) is 0 Å². The molecule has 24 heavy (non-hydrogen) atoms. The molecule has 1 aliphatic carbocycles. The Bertz CT molecular complexity index is 607. The van der Waals surface area contributed by atoms with Crippen LogP contribution in [0.15, 0.2) is 24.3 Å². The summed E-state index contributed by atoms with van der Waals surface area (Å²) in [5, 5.41) is 9.86. The molecule has 4 heteroatoms. The number of nitrogens with zero attached hydrogens (tertiary/aromatic N) is 2. The fourth-order valence-electron chi connectivity index (χ4n) is 5.08. The van der Waals surface area contributed by atoms with Crippen molar-refractivity contribution in [3.05, 3.63) is 29.8 Å². The van der Waals surface area contributed by atoms with Crippen LogP contribution in [0.1, 0.15) is 44.5 Å². The summed E-state index contributed by atoms with van der Waals surface area (Å²) < 4.78 is 0. The molecule has 2 atom stereocenters. The first-order valence-corrected chi connectivity index (χ1v) is 9.12. The number of amides is 1. The van der Waals surface area contributed by atoms with Gasteiger partial charge in [-0.1, -0.05) is 13.8 Å². The molecule has 1 amide bonds. The van der Waals surface area contributed by atoms with E-state index < -0.39 is 0 Å². The zero-order valence-corrected chi connectivity index (χ0v) is 15.4. The second-order valence-corrected chi connectivity index (χ2v) is 8.14. The summed E-state index contributed by atoms with van der Waals surface area (Å²) in [6, 6.07) is 7.95. The van der Waals surface area contributed by atoms with Gasteiger partial charge in [0.25, 0.3) is 5.91 Å². The lowest BCUT2D eigenvalue weighted by Gasteiger charge is -2.55. The fourth-order valence-corrected chi connectivity index (χ4v) is 5.08. The van der Waals surface area contributed by atoms with Crippen molar-refractivity contribution in [3.63, 3.8) is 0 Å². The topological polar surface area (TPSA) is 43.8 Å². The monoisotopic (exact) mass is 330 g/mol. The Morgan fingerprint density at radius 2 is 1.88 bits per heavy atom. The summed E-state index contributed by atoms with van der Waals surface area (Å²) in [6.07, 6.45) is 1.01. The summed E-state index contributed by atoms with van der Waals surface area (Å²) in [5.74, 6) is 0.507. The summed E-state index contributed by atoms with van der Waals surface area (Å²) in [5.41, 5.74) is 2.06. The van der Waals surface area contributed by atoms with Crippen molar-refractivity contribution in [2.75, 3.05) is 37.7 Å². The molecular weight excluding hydrogens is 300 g/mol. The van der Waals surface area contributed by atoms with Crippen LogP contribution in [0.3, 0.4) is 0 Å². The number of anilines is 1. The van der Waals surface area contributed by atoms with Gasteiger partial charge < -0.3 is 14.9 Å². The van der Waals surface area contributed by atoms with Crippen molar-refractivity contribution in [3.8, 4) is 0 Å². The molecule has 1 aromatic carbocycles. The molecule has 0 spiro atoms. The van der Waals surface area contributed by atoms with Crippen LogP contribution in [0, 0.1) is 16.7 Å². The number of aliphatic hydroxyl groups excluding tert-OH is 1. The van der Waals surface area contributed by atoms with Crippen molar-refractivity contribution in [2.45, 2.75) is 34.1 Å². The Kier molecular flexibility index (Phi) is 4.37. The van der Waals surface area contributed by atoms with Gasteiger partial charge in [-0.3, -0.25) is 4.79 Å². The molecule has 1 saturated heterocycles. The normalized spacial score (nSPS) is 27.5. The van der Waals surface area contributed by atoms with Crippen LogP contribution in [0.25, 0.3) is 0 Å². The van der Waals surface area contributed by atoms with Gasteiger partial charge in [0, 0.05) is 42.8 Å². The molecule has 1 aromatic rings. The molecule has 0 bridgehead atoms. The number of carbonyl (C=O) groups is 1. The smallest absolute Gasteiger partial charge is 0.253 e. The highest BCUT2D eigenvalue weighted by Crippen LogP contribution is 2.62. The lowest BCUT2D eigenvalue weighted by molar-refractivity contribution is -0.0976. The van der Waals surface area contributed by atoms with E-state index in [4.69, 9.17) is 0 Å². The lowest BCUT2D eigenvalue weighted by atomic mass is 9.48. The van der Waals surface area contributed by atoms with E-state index in [2.05, 4.69) is 32.6 Å². The Morgan fingerprint density at radius 1 is 1.25 bits per heavy atom.